The number of aryl methyl sites for hydroxylation is 1. The first-order valence-electron chi connectivity index (χ1n) is 5.70. The molecule has 1 aromatic heterocycles. The summed E-state index contributed by atoms with van der Waals surface area (Å²) in [5.41, 5.74) is 0.672. The highest BCUT2D eigenvalue weighted by molar-refractivity contribution is 6.17. The molecule has 2 saturated carbocycles. The molecular weight excluding hydrogens is 212 g/mol. The van der Waals surface area contributed by atoms with Crippen LogP contribution in [-0.2, 0) is 6.42 Å². The van der Waals surface area contributed by atoms with Gasteiger partial charge in [0.2, 0.25) is 11.8 Å². The van der Waals surface area contributed by atoms with Crippen LogP contribution in [0.15, 0.2) is 4.42 Å². The van der Waals surface area contributed by atoms with Crippen LogP contribution in [0.2, 0.25) is 0 Å². The Hall–Kier alpha value is -0.570. The zero-order valence-electron chi connectivity index (χ0n) is 8.71. The fourth-order valence-corrected chi connectivity index (χ4v) is 3.02. The Bertz CT molecular complexity index is 351. The Labute approximate surface area is 94.2 Å². The molecule has 0 amide bonds. The molecule has 0 aromatic carbocycles. The maximum absolute atomic E-state index is 5.62. The molecule has 15 heavy (non-hydrogen) atoms. The summed E-state index contributed by atoms with van der Waals surface area (Å²) >= 11 is 5.62. The van der Waals surface area contributed by atoms with E-state index in [0.29, 0.717) is 29.5 Å². The molecule has 0 unspecified atom stereocenters. The fourth-order valence-electron chi connectivity index (χ4n) is 2.86. The zero-order valence-corrected chi connectivity index (χ0v) is 9.46. The molecule has 3 nitrogen and oxygen atoms in total. The Morgan fingerprint density at radius 3 is 2.73 bits per heavy atom. The molecule has 0 N–H and O–H groups in total. The van der Waals surface area contributed by atoms with E-state index in [-0.39, 0.29) is 0 Å². The number of aromatic nitrogens is 2. The molecule has 82 valence electrons. The van der Waals surface area contributed by atoms with E-state index in [1.54, 1.807) is 0 Å². The first-order chi connectivity index (χ1) is 7.31. The van der Waals surface area contributed by atoms with Crippen molar-refractivity contribution >= 4 is 11.6 Å². The van der Waals surface area contributed by atoms with Crippen LogP contribution < -0.4 is 0 Å². The number of halogens is 1. The average molecular weight is 227 g/mol. The number of hydrogen-bond acceptors (Lipinski definition) is 3. The van der Waals surface area contributed by atoms with Gasteiger partial charge in [-0.1, -0.05) is 6.42 Å². The fraction of sp³-hybridized carbons (Fsp3) is 0.818. The van der Waals surface area contributed by atoms with Crippen molar-refractivity contribution in [3.63, 3.8) is 0 Å². The Morgan fingerprint density at radius 2 is 2.13 bits per heavy atom. The van der Waals surface area contributed by atoms with Gasteiger partial charge in [0.05, 0.1) is 0 Å². The van der Waals surface area contributed by atoms with Crippen molar-refractivity contribution in [2.75, 3.05) is 5.88 Å². The quantitative estimate of drug-likeness (QED) is 0.744. The molecule has 1 spiro atoms. The van der Waals surface area contributed by atoms with E-state index in [2.05, 4.69) is 10.2 Å². The molecule has 1 aromatic rings. The van der Waals surface area contributed by atoms with Crippen LogP contribution in [0, 0.1) is 5.41 Å². The second-order valence-corrected chi connectivity index (χ2v) is 5.31. The Kier molecular flexibility index (Phi) is 2.23. The first kappa shape index (κ1) is 9.64. The van der Waals surface area contributed by atoms with Gasteiger partial charge in [-0.2, -0.15) is 0 Å². The minimum absolute atomic E-state index is 0.530. The lowest BCUT2D eigenvalue weighted by molar-refractivity contribution is -0.000221. The number of hydrogen-bond donors (Lipinski definition) is 0. The minimum atomic E-state index is 0.530. The molecule has 3 rings (SSSR count). The van der Waals surface area contributed by atoms with Crippen molar-refractivity contribution in [2.45, 2.75) is 44.4 Å². The van der Waals surface area contributed by atoms with E-state index in [0.717, 1.165) is 5.89 Å². The predicted molar refractivity (Wildman–Crippen MR) is 57.0 cm³/mol. The number of rotatable bonds is 3. The van der Waals surface area contributed by atoms with Crippen molar-refractivity contribution in [3.8, 4) is 0 Å². The summed E-state index contributed by atoms with van der Waals surface area (Å²) in [6.45, 7) is 0. The van der Waals surface area contributed by atoms with Gasteiger partial charge < -0.3 is 4.42 Å². The van der Waals surface area contributed by atoms with Gasteiger partial charge in [-0.25, -0.2) is 0 Å². The van der Waals surface area contributed by atoms with E-state index >= 15 is 0 Å². The van der Waals surface area contributed by atoms with Gasteiger partial charge in [0.15, 0.2) is 0 Å². The van der Waals surface area contributed by atoms with Crippen LogP contribution in [0.25, 0.3) is 0 Å². The summed E-state index contributed by atoms with van der Waals surface area (Å²) in [6, 6.07) is 0. The molecule has 0 bridgehead atoms. The summed E-state index contributed by atoms with van der Waals surface area (Å²) in [4.78, 5) is 0. The van der Waals surface area contributed by atoms with Crippen LogP contribution >= 0.6 is 11.6 Å². The summed E-state index contributed by atoms with van der Waals surface area (Å²) < 4.78 is 5.58. The Balaban J connectivity index is 1.62. The topological polar surface area (TPSA) is 38.9 Å². The summed E-state index contributed by atoms with van der Waals surface area (Å²) in [5.74, 6) is 2.61. The van der Waals surface area contributed by atoms with Gasteiger partial charge in [0.1, 0.15) is 0 Å². The van der Waals surface area contributed by atoms with Crippen LogP contribution in [0.4, 0.5) is 0 Å². The van der Waals surface area contributed by atoms with Crippen molar-refractivity contribution in [2.24, 2.45) is 5.41 Å². The molecule has 2 aliphatic carbocycles. The van der Waals surface area contributed by atoms with Gasteiger partial charge in [0.25, 0.3) is 0 Å². The summed E-state index contributed by atoms with van der Waals surface area (Å²) in [7, 11) is 0. The monoisotopic (exact) mass is 226 g/mol. The largest absolute Gasteiger partial charge is 0.425 e. The van der Waals surface area contributed by atoms with E-state index in [1.807, 2.05) is 0 Å². The van der Waals surface area contributed by atoms with Gasteiger partial charge in [-0.05, 0) is 31.1 Å². The van der Waals surface area contributed by atoms with Crippen molar-refractivity contribution in [1.29, 1.82) is 0 Å². The van der Waals surface area contributed by atoms with E-state index in [1.165, 1.54) is 32.1 Å². The van der Waals surface area contributed by atoms with Crippen molar-refractivity contribution < 1.29 is 4.42 Å². The molecule has 0 atom stereocenters. The van der Waals surface area contributed by atoms with Crippen LogP contribution in [0.1, 0.15) is 49.8 Å². The maximum Gasteiger partial charge on any atom is 0.219 e. The lowest BCUT2D eigenvalue weighted by atomic mass is 9.52. The van der Waals surface area contributed by atoms with Crippen LogP contribution in [0.3, 0.4) is 0 Å². The molecule has 2 aliphatic rings. The molecular formula is C11H15ClN2O. The third kappa shape index (κ3) is 1.57. The van der Waals surface area contributed by atoms with Crippen molar-refractivity contribution in [1.82, 2.24) is 10.2 Å². The highest BCUT2D eigenvalue weighted by Crippen LogP contribution is 2.61. The molecule has 2 fully saturated rings. The second-order valence-electron chi connectivity index (χ2n) is 4.93. The maximum atomic E-state index is 5.62. The van der Waals surface area contributed by atoms with Gasteiger partial charge in [0, 0.05) is 18.2 Å². The SMILES string of the molecule is ClCCc1nnc(C2CC3(CCC3)C2)o1. The lowest BCUT2D eigenvalue weighted by Gasteiger charge is -2.53. The van der Waals surface area contributed by atoms with Crippen LogP contribution in [0.5, 0.6) is 0 Å². The molecule has 0 aliphatic heterocycles. The first-order valence-corrected chi connectivity index (χ1v) is 6.23. The Morgan fingerprint density at radius 1 is 1.33 bits per heavy atom. The number of nitrogens with zero attached hydrogens (tertiary/aromatic N) is 2. The molecule has 1 heterocycles. The highest BCUT2D eigenvalue weighted by atomic mass is 35.5. The standard InChI is InChI=1S/C11H15ClN2O/c12-5-2-9-13-14-10(15-9)8-6-11(7-8)3-1-4-11/h8H,1-7H2. The highest BCUT2D eigenvalue weighted by Gasteiger charge is 2.50. The smallest absolute Gasteiger partial charge is 0.219 e. The predicted octanol–water partition coefficient (Wildman–Crippen LogP) is 2.90. The van der Waals surface area contributed by atoms with E-state index < -0.39 is 0 Å². The molecule has 4 heteroatoms. The van der Waals surface area contributed by atoms with Gasteiger partial charge in [-0.3, -0.25) is 0 Å². The molecule has 0 saturated heterocycles. The normalized spacial score (nSPS) is 23.8. The van der Waals surface area contributed by atoms with E-state index in [4.69, 9.17) is 16.0 Å². The van der Waals surface area contributed by atoms with Gasteiger partial charge in [-0.15, -0.1) is 21.8 Å². The minimum Gasteiger partial charge on any atom is -0.425 e. The summed E-state index contributed by atoms with van der Waals surface area (Å²) in [6.07, 6.45) is 7.43. The summed E-state index contributed by atoms with van der Waals surface area (Å²) in [5, 5.41) is 8.10. The van der Waals surface area contributed by atoms with Crippen LogP contribution in [-0.4, -0.2) is 16.1 Å². The van der Waals surface area contributed by atoms with Crippen molar-refractivity contribution in [3.05, 3.63) is 11.8 Å². The van der Waals surface area contributed by atoms with Gasteiger partial charge >= 0.3 is 0 Å². The van der Waals surface area contributed by atoms with E-state index in [9.17, 15) is 0 Å². The number of alkyl halides is 1. The molecule has 0 radical (unpaired) electrons. The average Bonchev–Trinajstić information content (AvgIpc) is 2.48. The second kappa shape index (κ2) is 3.48. The third-order valence-electron chi connectivity index (χ3n) is 3.91. The zero-order chi connectivity index (χ0) is 10.3. The third-order valence-corrected chi connectivity index (χ3v) is 4.10. The lowest BCUT2D eigenvalue weighted by Crippen LogP contribution is -2.41.